The fourth-order valence-corrected chi connectivity index (χ4v) is 4.41. The summed E-state index contributed by atoms with van der Waals surface area (Å²) in [6, 6.07) is 6.34. The zero-order valence-electron chi connectivity index (χ0n) is 11.7. The summed E-state index contributed by atoms with van der Waals surface area (Å²) >= 11 is 5.15. The van der Waals surface area contributed by atoms with Crippen LogP contribution in [0.3, 0.4) is 0 Å². The number of pyridine rings is 1. The van der Waals surface area contributed by atoms with Gasteiger partial charge < -0.3 is 5.73 Å². The first-order valence-electron chi connectivity index (χ1n) is 7.17. The van der Waals surface area contributed by atoms with Crippen LogP contribution < -0.4 is 5.73 Å². The summed E-state index contributed by atoms with van der Waals surface area (Å²) in [5, 5.41) is 9.52. The van der Waals surface area contributed by atoms with Crippen LogP contribution in [0.5, 0.6) is 0 Å². The van der Waals surface area contributed by atoms with E-state index in [-0.39, 0.29) is 0 Å². The largest absolute Gasteiger partial charge is 0.383 e. The van der Waals surface area contributed by atoms with Crippen molar-refractivity contribution in [1.29, 1.82) is 5.26 Å². The number of nitrogens with zero attached hydrogens (tertiary/aromatic N) is 2. The van der Waals surface area contributed by atoms with Gasteiger partial charge in [0.25, 0.3) is 0 Å². The highest BCUT2D eigenvalue weighted by Gasteiger charge is 2.21. The molecule has 21 heavy (non-hydrogen) atoms. The molecular formula is C16H16BrN3S. The van der Waals surface area contributed by atoms with Gasteiger partial charge >= 0.3 is 0 Å². The van der Waals surface area contributed by atoms with E-state index in [0.29, 0.717) is 11.4 Å². The molecule has 108 valence electrons. The summed E-state index contributed by atoms with van der Waals surface area (Å²) in [6.07, 6.45) is 6.76. The summed E-state index contributed by atoms with van der Waals surface area (Å²) in [6.45, 7) is 0. The molecule has 0 saturated carbocycles. The van der Waals surface area contributed by atoms with Gasteiger partial charge in [-0.15, -0.1) is 11.3 Å². The van der Waals surface area contributed by atoms with Crippen molar-refractivity contribution in [3.8, 4) is 16.5 Å². The highest BCUT2D eigenvalue weighted by Crippen LogP contribution is 2.39. The van der Waals surface area contributed by atoms with Crippen LogP contribution in [-0.4, -0.2) is 4.98 Å². The first-order chi connectivity index (χ1) is 10.2. The molecule has 0 aliphatic heterocycles. The summed E-state index contributed by atoms with van der Waals surface area (Å²) in [5.74, 6) is 0.372. The third-order valence-electron chi connectivity index (χ3n) is 3.93. The number of aryl methyl sites for hydroxylation is 1. The molecule has 1 aliphatic rings. The van der Waals surface area contributed by atoms with E-state index in [4.69, 9.17) is 5.73 Å². The number of thiophene rings is 1. The lowest BCUT2D eigenvalue weighted by atomic mass is 9.90. The molecule has 0 radical (unpaired) electrons. The number of nitrogen functional groups attached to an aromatic ring is 1. The van der Waals surface area contributed by atoms with Gasteiger partial charge in [-0.05, 0) is 59.3 Å². The standard InChI is InChI=1S/C16H16BrN3S/c17-14-8-7-13(21-14)15-10-5-3-1-2-4-6-12(10)20-16(19)11(15)9-18/h7-8H,1-6H2,(H2,19,20). The Morgan fingerprint density at radius 2 is 1.95 bits per heavy atom. The smallest absolute Gasteiger partial charge is 0.142 e. The number of hydrogen-bond donors (Lipinski definition) is 1. The fraction of sp³-hybridized carbons (Fsp3) is 0.375. The quantitative estimate of drug-likeness (QED) is 0.801. The van der Waals surface area contributed by atoms with Crippen molar-refractivity contribution in [2.45, 2.75) is 38.5 Å². The minimum Gasteiger partial charge on any atom is -0.383 e. The molecule has 2 heterocycles. The van der Waals surface area contributed by atoms with Crippen LogP contribution in [0.1, 0.15) is 42.5 Å². The lowest BCUT2D eigenvalue weighted by Gasteiger charge is -2.18. The molecule has 3 rings (SSSR count). The van der Waals surface area contributed by atoms with Gasteiger partial charge in [-0.2, -0.15) is 5.26 Å². The highest BCUT2D eigenvalue weighted by atomic mass is 79.9. The molecule has 0 aromatic carbocycles. The van der Waals surface area contributed by atoms with E-state index in [1.807, 2.05) is 6.07 Å². The topological polar surface area (TPSA) is 62.7 Å². The fourth-order valence-electron chi connectivity index (χ4n) is 2.95. The molecular weight excluding hydrogens is 346 g/mol. The molecule has 5 heteroatoms. The van der Waals surface area contributed by atoms with Gasteiger partial charge in [-0.25, -0.2) is 4.98 Å². The van der Waals surface area contributed by atoms with Gasteiger partial charge in [0.05, 0.1) is 3.79 Å². The molecule has 0 saturated heterocycles. The van der Waals surface area contributed by atoms with E-state index in [9.17, 15) is 5.26 Å². The average molecular weight is 362 g/mol. The maximum absolute atomic E-state index is 9.52. The second kappa shape index (κ2) is 6.17. The number of fused-ring (bicyclic) bond motifs is 1. The molecule has 0 unspecified atom stereocenters. The van der Waals surface area contributed by atoms with Crippen LogP contribution in [0.15, 0.2) is 15.9 Å². The van der Waals surface area contributed by atoms with Crippen molar-refractivity contribution in [3.05, 3.63) is 32.7 Å². The van der Waals surface area contributed by atoms with Crippen LogP contribution in [0.2, 0.25) is 0 Å². The van der Waals surface area contributed by atoms with E-state index in [0.717, 1.165) is 45.6 Å². The minimum atomic E-state index is 0.372. The number of halogens is 1. The van der Waals surface area contributed by atoms with Crippen molar-refractivity contribution in [3.63, 3.8) is 0 Å². The molecule has 3 nitrogen and oxygen atoms in total. The van der Waals surface area contributed by atoms with E-state index in [1.165, 1.54) is 18.4 Å². The van der Waals surface area contributed by atoms with Gasteiger partial charge in [0.2, 0.25) is 0 Å². The first kappa shape index (κ1) is 14.6. The SMILES string of the molecule is N#Cc1c(N)nc2c(c1-c1ccc(Br)s1)CCCCCC2. The molecule has 2 aromatic heterocycles. The monoisotopic (exact) mass is 361 g/mol. The van der Waals surface area contributed by atoms with Gasteiger partial charge in [0, 0.05) is 16.1 Å². The third-order valence-corrected chi connectivity index (χ3v) is 5.57. The zero-order chi connectivity index (χ0) is 14.8. The Labute approximate surface area is 136 Å². The van der Waals surface area contributed by atoms with Crippen LogP contribution in [0.25, 0.3) is 10.4 Å². The van der Waals surface area contributed by atoms with Crippen molar-refractivity contribution in [2.24, 2.45) is 0 Å². The van der Waals surface area contributed by atoms with E-state index in [2.05, 4.69) is 33.0 Å². The maximum Gasteiger partial charge on any atom is 0.142 e. The first-order valence-corrected chi connectivity index (χ1v) is 8.78. The number of hydrogen-bond acceptors (Lipinski definition) is 4. The van der Waals surface area contributed by atoms with Crippen molar-refractivity contribution < 1.29 is 0 Å². The Bertz CT molecular complexity index is 715. The number of rotatable bonds is 1. The number of anilines is 1. The number of nitriles is 1. The molecule has 1 aliphatic carbocycles. The van der Waals surface area contributed by atoms with E-state index >= 15 is 0 Å². The van der Waals surface area contributed by atoms with Crippen molar-refractivity contribution in [2.75, 3.05) is 5.73 Å². The summed E-state index contributed by atoms with van der Waals surface area (Å²) < 4.78 is 1.07. The Balaban J connectivity index is 2.25. The minimum absolute atomic E-state index is 0.372. The lowest BCUT2D eigenvalue weighted by Crippen LogP contribution is -2.09. The lowest BCUT2D eigenvalue weighted by molar-refractivity contribution is 0.610. The summed E-state index contributed by atoms with van der Waals surface area (Å²) in [5.41, 5.74) is 9.91. The molecule has 2 aromatic rings. The van der Waals surface area contributed by atoms with E-state index in [1.54, 1.807) is 11.3 Å². The maximum atomic E-state index is 9.52. The molecule has 0 amide bonds. The molecule has 0 bridgehead atoms. The Hall–Kier alpha value is -1.38. The summed E-state index contributed by atoms with van der Waals surface area (Å²) in [4.78, 5) is 5.63. The number of nitrogens with two attached hydrogens (primary N) is 1. The van der Waals surface area contributed by atoms with Crippen LogP contribution >= 0.6 is 27.3 Å². The average Bonchev–Trinajstić information content (AvgIpc) is 2.86. The Kier molecular flexibility index (Phi) is 4.27. The van der Waals surface area contributed by atoms with Gasteiger partial charge in [-0.1, -0.05) is 12.8 Å². The normalized spacial score (nSPS) is 14.9. The van der Waals surface area contributed by atoms with Gasteiger partial charge in [0.15, 0.2) is 0 Å². The predicted molar refractivity (Wildman–Crippen MR) is 90.3 cm³/mol. The molecule has 0 spiro atoms. The highest BCUT2D eigenvalue weighted by molar-refractivity contribution is 9.11. The second-order valence-electron chi connectivity index (χ2n) is 5.30. The van der Waals surface area contributed by atoms with Gasteiger partial charge in [0.1, 0.15) is 17.5 Å². The van der Waals surface area contributed by atoms with Crippen molar-refractivity contribution >= 4 is 33.1 Å². The number of aromatic nitrogens is 1. The van der Waals surface area contributed by atoms with Crippen LogP contribution in [0.4, 0.5) is 5.82 Å². The molecule has 2 N–H and O–H groups in total. The van der Waals surface area contributed by atoms with Crippen LogP contribution in [-0.2, 0) is 12.8 Å². The van der Waals surface area contributed by atoms with Gasteiger partial charge in [-0.3, -0.25) is 0 Å². The molecule has 0 fully saturated rings. The Morgan fingerprint density at radius 3 is 2.62 bits per heavy atom. The predicted octanol–water partition coefficient (Wildman–Crippen LogP) is 4.69. The third kappa shape index (κ3) is 2.83. The Morgan fingerprint density at radius 1 is 1.19 bits per heavy atom. The molecule has 0 atom stereocenters. The van der Waals surface area contributed by atoms with Crippen molar-refractivity contribution in [1.82, 2.24) is 4.98 Å². The van der Waals surface area contributed by atoms with E-state index < -0.39 is 0 Å². The zero-order valence-corrected chi connectivity index (χ0v) is 14.1. The van der Waals surface area contributed by atoms with Crippen LogP contribution in [0, 0.1) is 11.3 Å². The second-order valence-corrected chi connectivity index (χ2v) is 7.77. The summed E-state index contributed by atoms with van der Waals surface area (Å²) in [7, 11) is 0.